The van der Waals surface area contributed by atoms with Crippen LogP contribution in [0.3, 0.4) is 0 Å². The Morgan fingerprint density at radius 3 is 2.82 bits per heavy atom. The third-order valence-corrected chi connectivity index (χ3v) is 2.93. The number of aliphatic hydroxyl groups excluding tert-OH is 1. The standard InChI is InChI=1S/C14H19NO2/c1-2-3-6-9-17-14-12(10-16)11-7-4-5-8-13(11)15-14/h4-5,7-8,15-16H,2-3,6,9-10H2,1H3. The number of hydrogen-bond donors (Lipinski definition) is 2. The Balaban J connectivity index is 2.15. The Morgan fingerprint density at radius 1 is 1.24 bits per heavy atom. The summed E-state index contributed by atoms with van der Waals surface area (Å²) in [7, 11) is 0. The molecule has 2 N–H and O–H groups in total. The zero-order chi connectivity index (χ0) is 12.1. The van der Waals surface area contributed by atoms with Gasteiger partial charge in [-0.1, -0.05) is 38.0 Å². The van der Waals surface area contributed by atoms with Crippen LogP contribution in [-0.2, 0) is 6.61 Å². The van der Waals surface area contributed by atoms with Gasteiger partial charge in [-0.15, -0.1) is 0 Å². The second-order valence-corrected chi connectivity index (χ2v) is 4.19. The predicted molar refractivity (Wildman–Crippen MR) is 69.2 cm³/mol. The molecule has 0 unspecified atom stereocenters. The fraction of sp³-hybridized carbons (Fsp3) is 0.429. The van der Waals surface area contributed by atoms with E-state index >= 15 is 0 Å². The van der Waals surface area contributed by atoms with Crippen LogP contribution in [0.5, 0.6) is 5.88 Å². The fourth-order valence-electron chi connectivity index (χ4n) is 1.98. The van der Waals surface area contributed by atoms with Crippen LogP contribution in [0.2, 0.25) is 0 Å². The monoisotopic (exact) mass is 233 g/mol. The lowest BCUT2D eigenvalue weighted by Gasteiger charge is -2.05. The lowest BCUT2D eigenvalue weighted by Crippen LogP contribution is -1.99. The summed E-state index contributed by atoms with van der Waals surface area (Å²) in [5.41, 5.74) is 1.87. The number of H-pyrrole nitrogens is 1. The van der Waals surface area contributed by atoms with Crippen LogP contribution in [0.1, 0.15) is 31.7 Å². The Bertz CT molecular complexity index is 476. The lowest BCUT2D eigenvalue weighted by atomic mass is 10.2. The molecule has 0 aliphatic heterocycles. The third kappa shape index (κ3) is 2.61. The topological polar surface area (TPSA) is 45.2 Å². The van der Waals surface area contributed by atoms with Crippen molar-refractivity contribution in [2.45, 2.75) is 32.8 Å². The number of hydrogen-bond acceptors (Lipinski definition) is 2. The highest BCUT2D eigenvalue weighted by atomic mass is 16.5. The maximum atomic E-state index is 9.41. The van der Waals surface area contributed by atoms with Gasteiger partial charge in [0.1, 0.15) is 0 Å². The summed E-state index contributed by atoms with van der Waals surface area (Å²) in [5, 5.41) is 10.5. The SMILES string of the molecule is CCCCCOc1[nH]c2ccccc2c1CO. The average molecular weight is 233 g/mol. The quantitative estimate of drug-likeness (QED) is 0.752. The summed E-state index contributed by atoms with van der Waals surface area (Å²) < 4.78 is 5.70. The highest BCUT2D eigenvalue weighted by Gasteiger charge is 2.10. The first-order chi connectivity index (χ1) is 8.36. The van der Waals surface area contributed by atoms with Gasteiger partial charge in [-0.25, -0.2) is 0 Å². The number of aliphatic hydroxyl groups is 1. The molecule has 0 saturated heterocycles. The second kappa shape index (κ2) is 5.73. The van der Waals surface area contributed by atoms with Crippen LogP contribution >= 0.6 is 0 Å². The summed E-state index contributed by atoms with van der Waals surface area (Å²) >= 11 is 0. The Hall–Kier alpha value is -1.48. The summed E-state index contributed by atoms with van der Waals surface area (Å²) in [6.07, 6.45) is 3.41. The van der Waals surface area contributed by atoms with Crippen molar-refractivity contribution in [3.05, 3.63) is 29.8 Å². The van der Waals surface area contributed by atoms with Crippen LogP contribution in [0.15, 0.2) is 24.3 Å². The molecule has 1 aromatic carbocycles. The Morgan fingerprint density at radius 2 is 2.06 bits per heavy atom. The highest BCUT2D eigenvalue weighted by molar-refractivity contribution is 5.85. The van der Waals surface area contributed by atoms with E-state index in [0.717, 1.165) is 22.9 Å². The Kier molecular flexibility index (Phi) is 4.04. The third-order valence-electron chi connectivity index (χ3n) is 2.93. The molecule has 0 saturated carbocycles. The van der Waals surface area contributed by atoms with Gasteiger partial charge in [-0.05, 0) is 12.5 Å². The number of rotatable bonds is 6. The summed E-state index contributed by atoms with van der Waals surface area (Å²) in [6, 6.07) is 7.93. The van der Waals surface area contributed by atoms with Crippen molar-refractivity contribution in [1.29, 1.82) is 0 Å². The zero-order valence-corrected chi connectivity index (χ0v) is 10.2. The van der Waals surface area contributed by atoms with E-state index in [1.807, 2.05) is 24.3 Å². The van der Waals surface area contributed by atoms with Gasteiger partial charge >= 0.3 is 0 Å². The van der Waals surface area contributed by atoms with Crippen molar-refractivity contribution < 1.29 is 9.84 Å². The summed E-state index contributed by atoms with van der Waals surface area (Å²) in [6.45, 7) is 2.88. The molecule has 2 rings (SSSR count). The molecule has 92 valence electrons. The number of aromatic amines is 1. The van der Waals surface area contributed by atoms with Crippen LogP contribution < -0.4 is 4.74 Å². The minimum Gasteiger partial charge on any atom is -0.479 e. The second-order valence-electron chi connectivity index (χ2n) is 4.19. The molecule has 3 nitrogen and oxygen atoms in total. The summed E-state index contributed by atoms with van der Waals surface area (Å²) in [4.78, 5) is 3.21. The van der Waals surface area contributed by atoms with Gasteiger partial charge < -0.3 is 14.8 Å². The van der Waals surface area contributed by atoms with Gasteiger partial charge in [-0.2, -0.15) is 0 Å². The molecule has 0 aliphatic carbocycles. The van der Waals surface area contributed by atoms with Crippen molar-refractivity contribution >= 4 is 10.9 Å². The van der Waals surface area contributed by atoms with Crippen molar-refractivity contribution in [3.8, 4) is 5.88 Å². The van der Waals surface area contributed by atoms with Crippen molar-refractivity contribution in [2.24, 2.45) is 0 Å². The van der Waals surface area contributed by atoms with E-state index in [2.05, 4.69) is 11.9 Å². The van der Waals surface area contributed by atoms with Crippen molar-refractivity contribution in [3.63, 3.8) is 0 Å². The minimum atomic E-state index is 0.00707. The van der Waals surface area contributed by atoms with Gasteiger partial charge in [0.15, 0.2) is 5.88 Å². The van der Waals surface area contributed by atoms with E-state index in [4.69, 9.17) is 4.74 Å². The summed E-state index contributed by atoms with van der Waals surface area (Å²) in [5.74, 6) is 0.713. The van der Waals surface area contributed by atoms with E-state index in [0.29, 0.717) is 12.5 Å². The molecular weight excluding hydrogens is 214 g/mol. The molecule has 0 atom stereocenters. The molecule has 0 aliphatic rings. The van der Waals surface area contributed by atoms with E-state index in [-0.39, 0.29) is 6.61 Å². The number of para-hydroxylation sites is 1. The molecule has 17 heavy (non-hydrogen) atoms. The Labute approximate surface area is 101 Å². The molecule has 3 heteroatoms. The van der Waals surface area contributed by atoms with E-state index in [9.17, 15) is 5.11 Å². The zero-order valence-electron chi connectivity index (χ0n) is 10.2. The first-order valence-corrected chi connectivity index (χ1v) is 6.20. The van der Waals surface area contributed by atoms with Gasteiger partial charge in [0.2, 0.25) is 0 Å². The molecular formula is C14H19NO2. The van der Waals surface area contributed by atoms with Crippen LogP contribution in [0, 0.1) is 0 Å². The molecule has 0 amide bonds. The smallest absolute Gasteiger partial charge is 0.197 e. The van der Waals surface area contributed by atoms with E-state index in [1.165, 1.54) is 12.8 Å². The molecule has 0 spiro atoms. The number of unbranched alkanes of at least 4 members (excludes halogenated alkanes) is 2. The molecule has 0 bridgehead atoms. The molecule has 1 heterocycles. The number of nitrogens with one attached hydrogen (secondary N) is 1. The number of aromatic nitrogens is 1. The van der Waals surface area contributed by atoms with Crippen molar-refractivity contribution in [1.82, 2.24) is 4.98 Å². The highest BCUT2D eigenvalue weighted by Crippen LogP contribution is 2.27. The predicted octanol–water partition coefficient (Wildman–Crippen LogP) is 3.23. The molecule has 0 fully saturated rings. The first kappa shape index (κ1) is 12.0. The minimum absolute atomic E-state index is 0.00707. The molecule has 2 aromatic rings. The molecule has 0 radical (unpaired) electrons. The molecule has 1 aromatic heterocycles. The van der Waals surface area contributed by atoms with Crippen LogP contribution in [0.4, 0.5) is 0 Å². The fourth-order valence-corrected chi connectivity index (χ4v) is 1.98. The van der Waals surface area contributed by atoms with E-state index < -0.39 is 0 Å². The first-order valence-electron chi connectivity index (χ1n) is 6.20. The van der Waals surface area contributed by atoms with Gasteiger partial charge in [0.05, 0.1) is 13.2 Å². The van der Waals surface area contributed by atoms with Gasteiger partial charge in [0.25, 0.3) is 0 Å². The average Bonchev–Trinajstić information content (AvgIpc) is 2.72. The van der Waals surface area contributed by atoms with Crippen molar-refractivity contribution in [2.75, 3.05) is 6.61 Å². The number of fused-ring (bicyclic) bond motifs is 1. The van der Waals surface area contributed by atoms with Gasteiger partial charge in [-0.3, -0.25) is 0 Å². The van der Waals surface area contributed by atoms with Crippen LogP contribution in [-0.4, -0.2) is 16.7 Å². The lowest BCUT2D eigenvalue weighted by molar-refractivity contribution is 0.258. The maximum Gasteiger partial charge on any atom is 0.197 e. The number of ether oxygens (including phenoxy) is 1. The largest absolute Gasteiger partial charge is 0.479 e. The van der Waals surface area contributed by atoms with E-state index in [1.54, 1.807) is 0 Å². The maximum absolute atomic E-state index is 9.41. The van der Waals surface area contributed by atoms with Crippen LogP contribution in [0.25, 0.3) is 10.9 Å². The van der Waals surface area contributed by atoms with Gasteiger partial charge in [0, 0.05) is 16.5 Å². The normalized spacial score (nSPS) is 10.9. The number of benzene rings is 1.